The summed E-state index contributed by atoms with van der Waals surface area (Å²) >= 11 is 0. The van der Waals surface area contributed by atoms with Crippen molar-refractivity contribution in [2.24, 2.45) is 0 Å². The second kappa shape index (κ2) is 11.2. The standard InChI is InChI=1S/C30H33F3O/c1-3-5-20-6-10-23(11-7-20)26-16-17-27(30(33)29(26)32)24-12-14-25(15-13-24)34-19-21-8-9-22(4-2)28(31)18-21/h6-11,16-18,24-25H,3-5,12-15,19H2,1-2H3. The molecule has 0 amide bonds. The van der Waals surface area contributed by atoms with Crippen LogP contribution in [0.1, 0.15) is 74.1 Å². The maximum absolute atomic E-state index is 15.1. The molecular weight excluding hydrogens is 433 g/mol. The lowest BCUT2D eigenvalue weighted by Crippen LogP contribution is -2.21. The number of aryl methyl sites for hydroxylation is 2. The molecule has 0 aromatic heterocycles. The first-order valence-electron chi connectivity index (χ1n) is 12.5. The lowest BCUT2D eigenvalue weighted by Gasteiger charge is -2.29. The number of halogens is 3. The highest BCUT2D eigenvalue weighted by atomic mass is 19.2. The minimum Gasteiger partial charge on any atom is -0.374 e. The molecule has 3 aromatic rings. The van der Waals surface area contributed by atoms with Gasteiger partial charge in [0.25, 0.3) is 0 Å². The molecule has 0 heterocycles. The van der Waals surface area contributed by atoms with Gasteiger partial charge in [-0.25, -0.2) is 13.2 Å². The lowest BCUT2D eigenvalue weighted by atomic mass is 9.82. The highest BCUT2D eigenvalue weighted by molar-refractivity contribution is 5.65. The van der Waals surface area contributed by atoms with Crippen LogP contribution in [0.4, 0.5) is 13.2 Å². The van der Waals surface area contributed by atoms with Gasteiger partial charge in [0, 0.05) is 5.56 Å². The molecule has 0 bridgehead atoms. The Morgan fingerprint density at radius 2 is 1.50 bits per heavy atom. The third kappa shape index (κ3) is 5.55. The fraction of sp³-hybridized carbons (Fsp3) is 0.400. The summed E-state index contributed by atoms with van der Waals surface area (Å²) in [5.41, 5.74) is 4.19. The van der Waals surface area contributed by atoms with Gasteiger partial charge in [0.15, 0.2) is 11.6 Å². The number of hydrogen-bond donors (Lipinski definition) is 0. The van der Waals surface area contributed by atoms with Crippen LogP contribution < -0.4 is 0 Å². The van der Waals surface area contributed by atoms with Crippen molar-refractivity contribution in [1.29, 1.82) is 0 Å². The molecule has 34 heavy (non-hydrogen) atoms. The van der Waals surface area contributed by atoms with Crippen molar-refractivity contribution >= 4 is 0 Å². The van der Waals surface area contributed by atoms with E-state index < -0.39 is 11.6 Å². The van der Waals surface area contributed by atoms with Gasteiger partial charge in [0.05, 0.1) is 12.7 Å². The van der Waals surface area contributed by atoms with E-state index in [1.807, 2.05) is 43.3 Å². The Bertz CT molecular complexity index is 1100. The van der Waals surface area contributed by atoms with E-state index in [0.717, 1.165) is 44.1 Å². The summed E-state index contributed by atoms with van der Waals surface area (Å²) in [5, 5.41) is 0. The number of ether oxygens (including phenoxy) is 1. The summed E-state index contributed by atoms with van der Waals surface area (Å²) in [6.07, 6.45) is 5.80. The van der Waals surface area contributed by atoms with Crippen molar-refractivity contribution in [3.63, 3.8) is 0 Å². The van der Waals surface area contributed by atoms with E-state index >= 15 is 4.39 Å². The van der Waals surface area contributed by atoms with Gasteiger partial charge < -0.3 is 4.74 Å². The molecule has 1 fully saturated rings. The number of benzene rings is 3. The highest BCUT2D eigenvalue weighted by Gasteiger charge is 2.27. The van der Waals surface area contributed by atoms with E-state index in [1.54, 1.807) is 18.2 Å². The van der Waals surface area contributed by atoms with Crippen LogP contribution in [0.15, 0.2) is 54.6 Å². The molecule has 0 radical (unpaired) electrons. The van der Waals surface area contributed by atoms with Crippen LogP contribution in [0.5, 0.6) is 0 Å². The molecule has 1 aliphatic carbocycles. The largest absolute Gasteiger partial charge is 0.374 e. The van der Waals surface area contributed by atoms with Gasteiger partial charge in [-0.3, -0.25) is 0 Å². The SMILES string of the molecule is CCCc1ccc(-c2ccc(C3CCC(OCc4ccc(CC)c(F)c4)CC3)c(F)c2F)cc1. The predicted octanol–water partition coefficient (Wildman–Crippen LogP) is 8.53. The van der Waals surface area contributed by atoms with Crippen molar-refractivity contribution in [1.82, 2.24) is 0 Å². The summed E-state index contributed by atoms with van der Waals surface area (Å²) in [6, 6.07) is 16.4. The topological polar surface area (TPSA) is 9.23 Å². The monoisotopic (exact) mass is 466 g/mol. The van der Waals surface area contributed by atoms with E-state index in [-0.39, 0.29) is 17.8 Å². The average Bonchev–Trinajstić information content (AvgIpc) is 2.86. The van der Waals surface area contributed by atoms with Crippen LogP contribution in [0.3, 0.4) is 0 Å². The molecular formula is C30H33F3O. The molecule has 3 aromatic carbocycles. The average molecular weight is 467 g/mol. The third-order valence-electron chi connectivity index (χ3n) is 7.01. The zero-order valence-electron chi connectivity index (χ0n) is 20.0. The minimum absolute atomic E-state index is 0.0170. The smallest absolute Gasteiger partial charge is 0.166 e. The molecule has 1 saturated carbocycles. The second-order valence-corrected chi connectivity index (χ2v) is 9.34. The van der Waals surface area contributed by atoms with Gasteiger partial charge in [-0.05, 0) is 78.3 Å². The lowest BCUT2D eigenvalue weighted by molar-refractivity contribution is 0.0130. The Morgan fingerprint density at radius 3 is 2.15 bits per heavy atom. The van der Waals surface area contributed by atoms with E-state index in [9.17, 15) is 8.78 Å². The van der Waals surface area contributed by atoms with Crippen LogP contribution >= 0.6 is 0 Å². The van der Waals surface area contributed by atoms with E-state index in [2.05, 4.69) is 6.92 Å². The summed E-state index contributed by atoms with van der Waals surface area (Å²) in [5.74, 6) is -1.70. The van der Waals surface area contributed by atoms with Gasteiger partial charge in [-0.15, -0.1) is 0 Å². The first-order chi connectivity index (χ1) is 16.5. The first-order valence-corrected chi connectivity index (χ1v) is 12.5. The second-order valence-electron chi connectivity index (χ2n) is 9.34. The van der Waals surface area contributed by atoms with Crippen molar-refractivity contribution in [3.8, 4) is 11.1 Å². The summed E-state index contributed by atoms with van der Waals surface area (Å²) < 4.78 is 50.0. The van der Waals surface area contributed by atoms with Gasteiger partial charge >= 0.3 is 0 Å². The highest BCUT2D eigenvalue weighted by Crippen LogP contribution is 2.38. The van der Waals surface area contributed by atoms with Gasteiger partial charge in [0.2, 0.25) is 0 Å². The molecule has 4 rings (SSSR count). The zero-order chi connectivity index (χ0) is 24.1. The Balaban J connectivity index is 1.36. The molecule has 0 saturated heterocycles. The number of hydrogen-bond acceptors (Lipinski definition) is 1. The normalized spacial score (nSPS) is 18.3. The third-order valence-corrected chi connectivity index (χ3v) is 7.01. The van der Waals surface area contributed by atoms with Crippen LogP contribution in [0.25, 0.3) is 11.1 Å². The van der Waals surface area contributed by atoms with Gasteiger partial charge in [-0.1, -0.05) is 68.8 Å². The van der Waals surface area contributed by atoms with Crippen molar-refractivity contribution in [2.45, 2.75) is 77.4 Å². The Morgan fingerprint density at radius 1 is 0.794 bits per heavy atom. The van der Waals surface area contributed by atoms with Gasteiger partial charge in [-0.2, -0.15) is 0 Å². The molecule has 0 atom stereocenters. The minimum atomic E-state index is -0.767. The first kappa shape index (κ1) is 24.5. The van der Waals surface area contributed by atoms with E-state index in [4.69, 9.17) is 4.74 Å². The summed E-state index contributed by atoms with van der Waals surface area (Å²) in [7, 11) is 0. The van der Waals surface area contributed by atoms with Crippen LogP contribution in [0, 0.1) is 17.5 Å². The fourth-order valence-corrected chi connectivity index (χ4v) is 4.96. The van der Waals surface area contributed by atoms with Crippen molar-refractivity contribution in [2.75, 3.05) is 0 Å². The maximum Gasteiger partial charge on any atom is 0.166 e. The van der Waals surface area contributed by atoms with Crippen molar-refractivity contribution in [3.05, 3.63) is 94.3 Å². The summed E-state index contributed by atoms with van der Waals surface area (Å²) in [4.78, 5) is 0. The molecule has 0 unspecified atom stereocenters. The quantitative estimate of drug-likeness (QED) is 0.323. The number of rotatable bonds is 8. The molecule has 1 nitrogen and oxygen atoms in total. The van der Waals surface area contributed by atoms with Gasteiger partial charge in [0.1, 0.15) is 5.82 Å². The Hall–Kier alpha value is -2.59. The maximum atomic E-state index is 15.1. The predicted molar refractivity (Wildman–Crippen MR) is 131 cm³/mol. The zero-order valence-corrected chi connectivity index (χ0v) is 20.0. The van der Waals surface area contributed by atoms with E-state index in [0.29, 0.717) is 35.3 Å². The Labute approximate surface area is 201 Å². The summed E-state index contributed by atoms with van der Waals surface area (Å²) in [6.45, 7) is 4.42. The molecule has 1 aliphatic rings. The van der Waals surface area contributed by atoms with Crippen molar-refractivity contribution < 1.29 is 17.9 Å². The van der Waals surface area contributed by atoms with Crippen LogP contribution in [-0.2, 0) is 24.2 Å². The molecule has 0 aliphatic heterocycles. The molecule has 180 valence electrons. The Kier molecular flexibility index (Phi) is 8.10. The fourth-order valence-electron chi connectivity index (χ4n) is 4.96. The molecule has 0 N–H and O–H groups in total. The molecule has 0 spiro atoms. The van der Waals surface area contributed by atoms with Crippen LogP contribution in [-0.4, -0.2) is 6.10 Å². The van der Waals surface area contributed by atoms with Crippen LogP contribution in [0.2, 0.25) is 0 Å². The van der Waals surface area contributed by atoms with E-state index in [1.165, 1.54) is 5.56 Å². The molecule has 4 heteroatoms.